The minimum Gasteiger partial charge on any atom is -0.378 e. The highest BCUT2D eigenvalue weighted by molar-refractivity contribution is 5.13. The Balaban J connectivity index is 1.35. The van der Waals surface area contributed by atoms with E-state index in [0.717, 1.165) is 74.7 Å². The molecule has 0 heterocycles. The molecule has 0 bridgehead atoms. The molecule has 5 nitrogen and oxygen atoms in total. The second-order valence-corrected chi connectivity index (χ2v) is 16.0. The molecule has 4 fully saturated rings. The van der Waals surface area contributed by atoms with Crippen molar-refractivity contribution in [1.29, 1.82) is 0 Å². The van der Waals surface area contributed by atoms with Crippen LogP contribution in [0, 0.1) is 46.3 Å². The normalized spacial score (nSPS) is 38.0. The fourth-order valence-electron chi connectivity index (χ4n) is 11.1. The van der Waals surface area contributed by atoms with E-state index in [1.165, 1.54) is 116 Å². The van der Waals surface area contributed by atoms with Crippen LogP contribution in [0.3, 0.4) is 0 Å². The number of hydrogen-bond acceptors (Lipinski definition) is 5. The Morgan fingerprint density at radius 2 is 1.49 bits per heavy atom. The van der Waals surface area contributed by atoms with Gasteiger partial charge < -0.3 is 26.3 Å². The van der Waals surface area contributed by atoms with Crippen molar-refractivity contribution in [2.45, 2.75) is 155 Å². The maximum atomic E-state index is 6.96. The zero-order chi connectivity index (χ0) is 30.7. The van der Waals surface area contributed by atoms with Gasteiger partial charge in [0.2, 0.25) is 0 Å². The van der Waals surface area contributed by atoms with Crippen LogP contribution in [0.1, 0.15) is 143 Å². The third-order valence-corrected chi connectivity index (χ3v) is 13.5. The highest BCUT2D eigenvalue weighted by Gasteiger charge is 2.64. The Bertz CT molecular complexity index is 780. The number of nitrogens with one attached hydrogen (secondary N) is 1. The number of hydrogen-bond donors (Lipinski definition) is 3. The van der Waals surface area contributed by atoms with Crippen molar-refractivity contribution in [2.24, 2.45) is 57.8 Å². The molecular weight excluding hydrogens is 530 g/mol. The van der Waals surface area contributed by atoms with E-state index in [1.54, 1.807) is 0 Å². The first-order valence-corrected chi connectivity index (χ1v) is 19.2. The van der Waals surface area contributed by atoms with Crippen molar-refractivity contribution in [3.8, 4) is 0 Å². The maximum absolute atomic E-state index is 6.96. The Kier molecular flexibility index (Phi) is 14.6. The smallest absolute Gasteiger partial charge is 0.0637 e. The summed E-state index contributed by atoms with van der Waals surface area (Å²) in [6, 6.07) is 0. The molecule has 0 aromatic rings. The van der Waals surface area contributed by atoms with E-state index in [1.807, 2.05) is 0 Å². The van der Waals surface area contributed by atoms with Crippen LogP contribution in [-0.2, 0) is 9.47 Å². The van der Waals surface area contributed by atoms with Crippen molar-refractivity contribution >= 4 is 0 Å². The molecular formula is C38H73N3O2. The largest absolute Gasteiger partial charge is 0.378 e. The molecule has 5 heteroatoms. The summed E-state index contributed by atoms with van der Waals surface area (Å²) in [5, 5.41) is 3.77. The Hall–Kier alpha value is -0.200. The monoisotopic (exact) mass is 604 g/mol. The van der Waals surface area contributed by atoms with E-state index >= 15 is 0 Å². The summed E-state index contributed by atoms with van der Waals surface area (Å²) in [6.07, 6.45) is 24.5. The predicted molar refractivity (Wildman–Crippen MR) is 182 cm³/mol. The zero-order valence-corrected chi connectivity index (χ0v) is 29.1. The molecule has 43 heavy (non-hydrogen) atoms. The lowest BCUT2D eigenvalue weighted by Gasteiger charge is -2.63. The average molecular weight is 604 g/mol. The van der Waals surface area contributed by atoms with Crippen molar-refractivity contribution in [2.75, 3.05) is 39.4 Å². The molecule has 5 unspecified atom stereocenters. The number of unbranched alkanes of at least 4 members (excludes halogenated alkanes) is 5. The Labute approximate surface area is 267 Å². The number of fused-ring (bicyclic) bond motifs is 5. The van der Waals surface area contributed by atoms with Crippen LogP contribution < -0.4 is 16.8 Å². The SMILES string of the molecule is CCCCCCCCNCCC[C@@H](C)C1CC[C@H]2C3CCC4C[C@H](OCCCN)CCC4(C)[C@H]3C[C@H](OCCCN)C12C. The maximum Gasteiger partial charge on any atom is 0.0637 e. The first-order chi connectivity index (χ1) is 20.9. The molecule has 4 aliphatic carbocycles. The summed E-state index contributed by atoms with van der Waals surface area (Å²) in [5.41, 5.74) is 12.4. The van der Waals surface area contributed by atoms with Gasteiger partial charge in [-0.25, -0.2) is 0 Å². The van der Waals surface area contributed by atoms with Crippen molar-refractivity contribution in [3.63, 3.8) is 0 Å². The predicted octanol–water partition coefficient (Wildman–Crippen LogP) is 8.09. The third-order valence-electron chi connectivity index (χ3n) is 13.5. The summed E-state index contributed by atoms with van der Waals surface area (Å²) < 4.78 is 13.3. The average Bonchev–Trinajstić information content (AvgIpc) is 3.37. The van der Waals surface area contributed by atoms with E-state index < -0.39 is 0 Å². The summed E-state index contributed by atoms with van der Waals surface area (Å²) in [6.45, 7) is 15.8. The molecule has 0 aromatic heterocycles. The Morgan fingerprint density at radius 3 is 2.26 bits per heavy atom. The van der Waals surface area contributed by atoms with Gasteiger partial charge in [0.05, 0.1) is 12.2 Å². The number of rotatable bonds is 20. The lowest BCUT2D eigenvalue weighted by Crippen LogP contribution is -2.59. The van der Waals surface area contributed by atoms with E-state index in [9.17, 15) is 0 Å². The van der Waals surface area contributed by atoms with E-state index in [4.69, 9.17) is 20.9 Å². The third kappa shape index (κ3) is 8.59. The molecule has 0 saturated heterocycles. The van der Waals surface area contributed by atoms with Gasteiger partial charge in [-0.05, 0) is 156 Å². The van der Waals surface area contributed by atoms with E-state index in [2.05, 4.69) is 33.0 Å². The van der Waals surface area contributed by atoms with Crippen LogP contribution in [0.2, 0.25) is 0 Å². The standard InChI is InChI=1S/C38H73N3O2/c1-5-6-7-8-9-10-23-41-24-11-14-29(2)33-17-18-34-32-16-15-30-27-31(42-25-12-21-39)19-20-37(30,3)35(32)28-36(38(33,34)4)43-26-13-22-40/h29-36,41H,5-28,39-40H2,1-4H3/t29-,30?,31-,32?,33?,34+,35+,36+,37?,38?/m1/s1. The van der Waals surface area contributed by atoms with Gasteiger partial charge in [-0.15, -0.1) is 0 Å². The molecule has 0 amide bonds. The molecule has 4 rings (SSSR count). The van der Waals surface area contributed by atoms with Crippen LogP contribution in [-0.4, -0.2) is 51.6 Å². The number of ether oxygens (including phenoxy) is 2. The van der Waals surface area contributed by atoms with Gasteiger partial charge >= 0.3 is 0 Å². The Morgan fingerprint density at radius 1 is 0.767 bits per heavy atom. The van der Waals surface area contributed by atoms with E-state index in [0.29, 0.717) is 23.0 Å². The molecule has 4 aliphatic rings. The van der Waals surface area contributed by atoms with Crippen molar-refractivity contribution in [1.82, 2.24) is 5.32 Å². The molecule has 4 saturated carbocycles. The second-order valence-electron chi connectivity index (χ2n) is 16.0. The topological polar surface area (TPSA) is 82.5 Å². The first kappa shape index (κ1) is 35.7. The van der Waals surface area contributed by atoms with Crippen LogP contribution in [0.25, 0.3) is 0 Å². The molecule has 0 radical (unpaired) electrons. The summed E-state index contributed by atoms with van der Waals surface area (Å²) in [5.74, 6) is 4.88. The number of nitrogens with two attached hydrogens (primary N) is 2. The summed E-state index contributed by atoms with van der Waals surface area (Å²) in [7, 11) is 0. The second kappa shape index (κ2) is 17.6. The lowest BCUT2D eigenvalue weighted by atomic mass is 9.43. The molecule has 252 valence electrons. The minimum absolute atomic E-state index is 0.312. The van der Waals surface area contributed by atoms with E-state index in [-0.39, 0.29) is 0 Å². The van der Waals surface area contributed by atoms with Gasteiger partial charge in [0.1, 0.15) is 0 Å². The van der Waals surface area contributed by atoms with Gasteiger partial charge in [-0.2, -0.15) is 0 Å². The van der Waals surface area contributed by atoms with Gasteiger partial charge in [-0.3, -0.25) is 0 Å². The van der Waals surface area contributed by atoms with Gasteiger partial charge in [0.25, 0.3) is 0 Å². The van der Waals surface area contributed by atoms with Crippen LogP contribution in [0.15, 0.2) is 0 Å². The molecule has 0 aromatic carbocycles. The van der Waals surface area contributed by atoms with Crippen molar-refractivity contribution < 1.29 is 9.47 Å². The van der Waals surface area contributed by atoms with Crippen LogP contribution in [0.4, 0.5) is 0 Å². The quantitative estimate of drug-likeness (QED) is 0.123. The molecule has 10 atom stereocenters. The van der Waals surface area contributed by atoms with Crippen LogP contribution in [0.5, 0.6) is 0 Å². The van der Waals surface area contributed by atoms with Gasteiger partial charge in [0.15, 0.2) is 0 Å². The highest BCUT2D eigenvalue weighted by Crippen LogP contribution is 2.69. The van der Waals surface area contributed by atoms with Gasteiger partial charge in [-0.1, -0.05) is 59.8 Å². The zero-order valence-electron chi connectivity index (χ0n) is 29.1. The molecule has 5 N–H and O–H groups in total. The van der Waals surface area contributed by atoms with Crippen LogP contribution >= 0.6 is 0 Å². The highest BCUT2D eigenvalue weighted by atomic mass is 16.5. The fourth-order valence-corrected chi connectivity index (χ4v) is 11.1. The summed E-state index contributed by atoms with van der Waals surface area (Å²) in [4.78, 5) is 0. The summed E-state index contributed by atoms with van der Waals surface area (Å²) >= 11 is 0. The molecule has 0 spiro atoms. The molecule has 0 aliphatic heterocycles. The lowest BCUT2D eigenvalue weighted by molar-refractivity contribution is -0.192. The minimum atomic E-state index is 0.312. The van der Waals surface area contributed by atoms with Crippen molar-refractivity contribution in [3.05, 3.63) is 0 Å². The first-order valence-electron chi connectivity index (χ1n) is 19.2. The fraction of sp³-hybridized carbons (Fsp3) is 1.00. The van der Waals surface area contributed by atoms with Gasteiger partial charge in [0, 0.05) is 13.2 Å².